The Kier molecular flexibility index (Phi) is 8.21. The number of aromatic nitrogens is 5. The molecule has 246 valence electrons. The van der Waals surface area contributed by atoms with Crippen molar-refractivity contribution in [3.05, 3.63) is 84.0 Å². The van der Waals surface area contributed by atoms with E-state index in [0.29, 0.717) is 86.6 Å². The lowest BCUT2D eigenvalue weighted by Crippen LogP contribution is -2.43. The molecule has 3 N–H and O–H groups in total. The van der Waals surface area contributed by atoms with Crippen molar-refractivity contribution in [1.82, 2.24) is 34.5 Å². The van der Waals surface area contributed by atoms with E-state index in [2.05, 4.69) is 43.2 Å². The lowest BCUT2D eigenvalue weighted by atomic mass is 9.85. The van der Waals surface area contributed by atoms with Gasteiger partial charge < -0.3 is 15.4 Å². The average Bonchev–Trinajstić information content (AvgIpc) is 3.83. The Hall–Kier alpha value is -5.43. The quantitative estimate of drug-likeness (QED) is 0.275. The van der Waals surface area contributed by atoms with Gasteiger partial charge in [0.05, 0.1) is 30.5 Å². The smallest absolute Gasteiger partial charge is 0.237 e. The van der Waals surface area contributed by atoms with Gasteiger partial charge in [-0.2, -0.15) is 5.10 Å². The summed E-state index contributed by atoms with van der Waals surface area (Å²) >= 11 is 0. The molecule has 2 saturated heterocycles. The fraction of sp³-hybridized carbons (Fsp3) is 0.343. The number of likely N-dealkylation sites (tertiary alicyclic amines) is 1. The molecule has 1 spiro atoms. The number of hydrogen-bond acceptors (Lipinski definition) is 10. The highest BCUT2D eigenvalue weighted by Crippen LogP contribution is 2.42. The first-order valence-corrected chi connectivity index (χ1v) is 16.1. The molecule has 0 aliphatic carbocycles. The molecule has 3 aliphatic heterocycles. The van der Waals surface area contributed by atoms with Crippen LogP contribution in [-0.4, -0.2) is 98.4 Å². The van der Waals surface area contributed by atoms with Gasteiger partial charge in [0.15, 0.2) is 5.82 Å². The number of carbonyl (C=O) groups excluding carboxylic acids is 2. The number of methoxy groups -OCH3 is 1. The molecule has 3 aromatic heterocycles. The number of rotatable bonds is 8. The summed E-state index contributed by atoms with van der Waals surface area (Å²) in [6.45, 7) is 3.26. The summed E-state index contributed by atoms with van der Waals surface area (Å²) in [7, 11) is 3.38. The maximum atomic E-state index is 13.9. The summed E-state index contributed by atoms with van der Waals surface area (Å²) in [5, 5.41) is 13.1. The molecule has 0 saturated carbocycles. The van der Waals surface area contributed by atoms with Crippen LogP contribution in [0.4, 0.5) is 11.5 Å². The second-order valence-electron chi connectivity index (χ2n) is 12.7. The van der Waals surface area contributed by atoms with Crippen molar-refractivity contribution < 1.29 is 14.3 Å². The molecule has 7 rings (SSSR count). The zero-order valence-corrected chi connectivity index (χ0v) is 27.1. The number of nitrogen functional groups attached to an aromatic ring is 1. The van der Waals surface area contributed by atoms with Crippen molar-refractivity contribution in [2.45, 2.75) is 19.3 Å². The van der Waals surface area contributed by atoms with Crippen LogP contribution in [-0.2, 0) is 16.6 Å². The van der Waals surface area contributed by atoms with E-state index in [1.54, 1.807) is 46.4 Å². The average molecular weight is 647 g/mol. The minimum atomic E-state index is -0.553. The van der Waals surface area contributed by atoms with Crippen molar-refractivity contribution in [1.29, 1.82) is 5.41 Å². The van der Waals surface area contributed by atoms with Gasteiger partial charge >= 0.3 is 0 Å². The van der Waals surface area contributed by atoms with Gasteiger partial charge in [-0.25, -0.2) is 15.0 Å². The van der Waals surface area contributed by atoms with Crippen molar-refractivity contribution >= 4 is 34.6 Å². The highest BCUT2D eigenvalue weighted by molar-refractivity contribution is 6.12. The number of hydrogen-bond donors (Lipinski definition) is 2. The van der Waals surface area contributed by atoms with Crippen LogP contribution in [0.15, 0.2) is 67.1 Å². The molecule has 13 heteroatoms. The largest absolute Gasteiger partial charge is 0.481 e. The Labute approximate surface area is 278 Å². The van der Waals surface area contributed by atoms with Gasteiger partial charge in [0.25, 0.3) is 0 Å². The van der Waals surface area contributed by atoms with Crippen molar-refractivity contribution in [2.24, 2.45) is 12.5 Å². The number of nitrogens with two attached hydrogens (primary N) is 1. The standard InChI is InChI=1S/C35H38N10O3/c1-42-22-39-33(41-42)25-5-3-23(4-6-25)24-11-15-44(16-12-24)30(46)20-43-17-13-35(21-43)14-18-45(34(35)47)28-9-8-27(36)32(40-28)31(37)26-7-10-29(48-2)38-19-26/h3-11,19,22,37H,12-18,20-21,36H2,1-2H3/t35-/m0/s1. The molecule has 13 nitrogen and oxygen atoms in total. The molecule has 0 unspecified atom stereocenters. The number of nitrogens with one attached hydrogen (secondary N) is 1. The third kappa shape index (κ3) is 5.92. The number of nitrogens with zero attached hydrogens (tertiary/aromatic N) is 8. The summed E-state index contributed by atoms with van der Waals surface area (Å²) in [5.74, 6) is 1.71. The third-order valence-electron chi connectivity index (χ3n) is 9.64. The summed E-state index contributed by atoms with van der Waals surface area (Å²) in [6, 6.07) is 15.1. The zero-order chi connectivity index (χ0) is 33.4. The Morgan fingerprint density at radius 1 is 1.02 bits per heavy atom. The molecule has 0 bridgehead atoms. The van der Waals surface area contributed by atoms with Crippen LogP contribution in [0.25, 0.3) is 17.0 Å². The number of amides is 2. The number of carbonyl (C=O) groups is 2. The van der Waals surface area contributed by atoms with Crippen LogP contribution in [0.3, 0.4) is 0 Å². The molecule has 0 radical (unpaired) electrons. The van der Waals surface area contributed by atoms with Crippen molar-refractivity contribution in [3.63, 3.8) is 0 Å². The van der Waals surface area contributed by atoms with Crippen molar-refractivity contribution in [3.8, 4) is 17.3 Å². The SMILES string of the molecule is COc1ccc(C(=N)c2nc(N3CC[C@]4(CCN(CC(=O)N5CC=C(c6ccc(-c7ncn(C)n7)cc6)CC5)C4)C3=O)ccc2N)cn1. The first kappa shape index (κ1) is 31.2. The van der Waals surface area contributed by atoms with E-state index < -0.39 is 5.41 Å². The third-order valence-corrected chi connectivity index (χ3v) is 9.64. The van der Waals surface area contributed by atoms with Crippen LogP contribution in [0.2, 0.25) is 0 Å². The van der Waals surface area contributed by atoms with Gasteiger partial charge in [-0.15, -0.1) is 0 Å². The highest BCUT2D eigenvalue weighted by Gasteiger charge is 2.51. The lowest BCUT2D eigenvalue weighted by Gasteiger charge is -2.29. The molecule has 1 aromatic carbocycles. The van der Waals surface area contributed by atoms with Crippen molar-refractivity contribution in [2.75, 3.05) is 57.0 Å². The first-order valence-electron chi connectivity index (χ1n) is 16.1. The van der Waals surface area contributed by atoms with E-state index in [1.807, 2.05) is 24.1 Å². The van der Waals surface area contributed by atoms with Crippen LogP contribution in [0, 0.1) is 10.8 Å². The molecule has 2 amide bonds. The number of benzene rings is 1. The van der Waals surface area contributed by atoms with Gasteiger partial charge in [0.2, 0.25) is 17.7 Å². The maximum Gasteiger partial charge on any atom is 0.237 e. The summed E-state index contributed by atoms with van der Waals surface area (Å²) in [5.41, 5.74) is 10.3. The molecule has 1 atom stereocenters. The molecule has 4 aromatic rings. The lowest BCUT2D eigenvalue weighted by molar-refractivity contribution is -0.132. The highest BCUT2D eigenvalue weighted by atomic mass is 16.5. The number of aryl methyl sites for hydroxylation is 1. The van der Waals surface area contributed by atoms with E-state index in [0.717, 1.165) is 17.5 Å². The van der Waals surface area contributed by atoms with E-state index in [-0.39, 0.29) is 17.5 Å². The molecular weight excluding hydrogens is 608 g/mol. The Bertz CT molecular complexity index is 1900. The van der Waals surface area contributed by atoms with Crippen LogP contribution in [0.5, 0.6) is 5.88 Å². The van der Waals surface area contributed by atoms with Gasteiger partial charge in [0.1, 0.15) is 17.8 Å². The van der Waals surface area contributed by atoms with Gasteiger partial charge in [0, 0.05) is 56.6 Å². The zero-order valence-electron chi connectivity index (χ0n) is 27.1. The van der Waals surface area contributed by atoms with Gasteiger partial charge in [-0.3, -0.25) is 29.5 Å². The van der Waals surface area contributed by atoms with Crippen LogP contribution in [0.1, 0.15) is 36.1 Å². The molecular formula is C35H38N10O3. The summed E-state index contributed by atoms with van der Waals surface area (Å²) in [6.07, 6.45) is 7.53. The van der Waals surface area contributed by atoms with Crippen LogP contribution < -0.4 is 15.4 Å². The normalized spacial score (nSPS) is 19.6. The fourth-order valence-corrected chi connectivity index (χ4v) is 6.86. The number of anilines is 2. The van der Waals surface area contributed by atoms with E-state index in [9.17, 15) is 9.59 Å². The van der Waals surface area contributed by atoms with Crippen LogP contribution >= 0.6 is 0 Å². The predicted molar refractivity (Wildman–Crippen MR) is 181 cm³/mol. The fourth-order valence-electron chi connectivity index (χ4n) is 6.86. The number of ether oxygens (including phenoxy) is 1. The molecule has 2 fully saturated rings. The van der Waals surface area contributed by atoms with E-state index >= 15 is 0 Å². The second kappa shape index (κ2) is 12.6. The monoisotopic (exact) mass is 646 g/mol. The van der Waals surface area contributed by atoms with E-state index in [4.69, 9.17) is 15.9 Å². The maximum absolute atomic E-state index is 13.9. The number of pyridine rings is 2. The first-order chi connectivity index (χ1) is 23.2. The Morgan fingerprint density at radius 3 is 2.50 bits per heavy atom. The summed E-state index contributed by atoms with van der Waals surface area (Å²) in [4.78, 5) is 46.1. The Morgan fingerprint density at radius 2 is 1.81 bits per heavy atom. The minimum absolute atomic E-state index is 0.00806. The minimum Gasteiger partial charge on any atom is -0.481 e. The second-order valence-corrected chi connectivity index (χ2v) is 12.7. The topological polar surface area (TPSA) is 159 Å². The van der Waals surface area contributed by atoms with Gasteiger partial charge in [-0.1, -0.05) is 30.3 Å². The Balaban J connectivity index is 0.956. The molecule has 6 heterocycles. The predicted octanol–water partition coefficient (Wildman–Crippen LogP) is 3.02. The van der Waals surface area contributed by atoms with E-state index in [1.165, 1.54) is 12.7 Å². The van der Waals surface area contributed by atoms with Gasteiger partial charge in [-0.05, 0) is 55.1 Å². The molecule has 48 heavy (non-hydrogen) atoms. The summed E-state index contributed by atoms with van der Waals surface area (Å²) < 4.78 is 6.81. The molecule has 3 aliphatic rings.